The van der Waals surface area contributed by atoms with Gasteiger partial charge in [-0.1, -0.05) is 6.92 Å². The predicted molar refractivity (Wildman–Crippen MR) is 36.3 cm³/mol. The SMILES string of the molecule is CCOC(=O)C=C([O-])OCC.[Na+]. The molecule has 0 aliphatic rings. The molecule has 0 heterocycles. The smallest absolute Gasteiger partial charge is 0.613 e. The standard InChI is InChI=1S/C7H12O4.Na/c1-3-10-6(8)5-7(9)11-4-2;/h5,8H,3-4H2,1-2H3;/q;+1/p-1. The zero-order chi connectivity index (χ0) is 8.69. The molecule has 12 heavy (non-hydrogen) atoms. The summed E-state index contributed by atoms with van der Waals surface area (Å²) in [5.74, 6) is -1.32. The van der Waals surface area contributed by atoms with Crippen LogP contribution >= 0.6 is 0 Å². The first-order chi connectivity index (χ1) is 5.20. The molecule has 0 N–H and O–H groups in total. The summed E-state index contributed by atoms with van der Waals surface area (Å²) in [7, 11) is 0. The van der Waals surface area contributed by atoms with Crippen molar-refractivity contribution < 1.29 is 48.9 Å². The molecular formula is C7H11NaO4. The summed E-state index contributed by atoms with van der Waals surface area (Å²) in [6.45, 7) is 3.84. The van der Waals surface area contributed by atoms with Crippen molar-refractivity contribution in [1.29, 1.82) is 0 Å². The zero-order valence-corrected chi connectivity index (χ0v) is 9.62. The van der Waals surface area contributed by atoms with Gasteiger partial charge in [0.1, 0.15) is 0 Å². The molecule has 5 heteroatoms. The van der Waals surface area contributed by atoms with Gasteiger partial charge in [0, 0.05) is 6.08 Å². The second kappa shape index (κ2) is 8.90. The van der Waals surface area contributed by atoms with Crippen molar-refractivity contribution >= 4 is 5.97 Å². The van der Waals surface area contributed by atoms with E-state index >= 15 is 0 Å². The third-order valence-corrected chi connectivity index (χ3v) is 0.809. The van der Waals surface area contributed by atoms with Gasteiger partial charge in [0.15, 0.2) is 0 Å². The molecule has 0 atom stereocenters. The van der Waals surface area contributed by atoms with Crippen molar-refractivity contribution in [2.75, 3.05) is 13.2 Å². The summed E-state index contributed by atoms with van der Waals surface area (Å²) < 4.78 is 8.93. The molecule has 0 aliphatic carbocycles. The van der Waals surface area contributed by atoms with E-state index in [1.807, 2.05) is 0 Å². The van der Waals surface area contributed by atoms with Gasteiger partial charge >= 0.3 is 35.5 Å². The Morgan fingerprint density at radius 2 is 1.83 bits per heavy atom. The quantitative estimate of drug-likeness (QED) is 0.199. The number of rotatable bonds is 4. The third-order valence-electron chi connectivity index (χ3n) is 0.809. The van der Waals surface area contributed by atoms with E-state index in [-0.39, 0.29) is 42.8 Å². The fourth-order valence-electron chi connectivity index (χ4n) is 0.464. The molecule has 0 saturated carbocycles. The van der Waals surface area contributed by atoms with Crippen LogP contribution in [-0.2, 0) is 14.3 Å². The first kappa shape index (κ1) is 14.3. The average Bonchev–Trinajstić information content (AvgIpc) is 1.87. The van der Waals surface area contributed by atoms with E-state index in [0.29, 0.717) is 0 Å². The molecule has 0 fully saturated rings. The molecule has 0 aromatic carbocycles. The van der Waals surface area contributed by atoms with Crippen molar-refractivity contribution in [3.63, 3.8) is 0 Å². The van der Waals surface area contributed by atoms with E-state index in [1.54, 1.807) is 13.8 Å². The topological polar surface area (TPSA) is 58.6 Å². The first-order valence-corrected chi connectivity index (χ1v) is 3.39. The molecule has 0 saturated heterocycles. The molecule has 0 aliphatic heterocycles. The Kier molecular flexibility index (Phi) is 10.6. The minimum Gasteiger partial charge on any atom is -0.613 e. The Bertz CT molecular complexity index is 155. The molecule has 0 radical (unpaired) electrons. The van der Waals surface area contributed by atoms with Crippen molar-refractivity contribution in [2.45, 2.75) is 13.8 Å². The van der Waals surface area contributed by atoms with E-state index < -0.39 is 11.9 Å². The number of carbonyl (C=O) groups excluding carboxylic acids is 1. The largest absolute Gasteiger partial charge is 1.00 e. The van der Waals surface area contributed by atoms with Gasteiger partial charge in [-0.25, -0.2) is 4.79 Å². The van der Waals surface area contributed by atoms with Crippen LogP contribution in [0, 0.1) is 0 Å². The Balaban J connectivity index is 0. The van der Waals surface area contributed by atoms with E-state index in [1.165, 1.54) is 0 Å². The maximum Gasteiger partial charge on any atom is 1.00 e. The Labute approximate surface area is 93.8 Å². The molecule has 4 nitrogen and oxygen atoms in total. The van der Waals surface area contributed by atoms with Crippen molar-refractivity contribution in [3.05, 3.63) is 12.0 Å². The van der Waals surface area contributed by atoms with Crippen LogP contribution in [0.25, 0.3) is 0 Å². The summed E-state index contributed by atoms with van der Waals surface area (Å²) in [4.78, 5) is 10.5. The van der Waals surface area contributed by atoms with Gasteiger partial charge in [-0.3, -0.25) is 0 Å². The third kappa shape index (κ3) is 7.91. The van der Waals surface area contributed by atoms with Crippen molar-refractivity contribution in [3.8, 4) is 0 Å². The van der Waals surface area contributed by atoms with Crippen LogP contribution in [0.3, 0.4) is 0 Å². The fraction of sp³-hybridized carbons (Fsp3) is 0.571. The summed E-state index contributed by atoms with van der Waals surface area (Å²) in [5, 5.41) is 10.5. The zero-order valence-electron chi connectivity index (χ0n) is 7.62. The van der Waals surface area contributed by atoms with Gasteiger partial charge in [0.2, 0.25) is 0 Å². The van der Waals surface area contributed by atoms with Crippen molar-refractivity contribution in [1.82, 2.24) is 0 Å². The van der Waals surface area contributed by atoms with E-state index in [2.05, 4.69) is 9.47 Å². The predicted octanol–water partition coefficient (Wildman–Crippen LogP) is -3.21. The summed E-state index contributed by atoms with van der Waals surface area (Å²) in [6, 6.07) is 0. The van der Waals surface area contributed by atoms with Crippen LogP contribution in [0.4, 0.5) is 0 Å². The maximum atomic E-state index is 10.5. The monoisotopic (exact) mass is 182 g/mol. The second-order valence-electron chi connectivity index (χ2n) is 1.65. The van der Waals surface area contributed by atoms with Crippen LogP contribution in [0.15, 0.2) is 12.0 Å². The summed E-state index contributed by atoms with van der Waals surface area (Å²) in [5.41, 5.74) is 0. The Hall–Kier alpha value is -0.190. The second-order valence-corrected chi connectivity index (χ2v) is 1.65. The first-order valence-electron chi connectivity index (χ1n) is 3.39. The number of hydrogen-bond acceptors (Lipinski definition) is 4. The number of ether oxygens (including phenoxy) is 2. The number of hydrogen-bond donors (Lipinski definition) is 0. The summed E-state index contributed by atoms with van der Waals surface area (Å²) in [6.07, 6.45) is 0.785. The van der Waals surface area contributed by atoms with Gasteiger partial charge in [0.05, 0.1) is 12.6 Å². The van der Waals surface area contributed by atoms with Gasteiger partial charge in [-0.15, -0.1) is 0 Å². The molecule has 0 amide bonds. The van der Waals surface area contributed by atoms with Gasteiger partial charge in [0.25, 0.3) is 0 Å². The van der Waals surface area contributed by atoms with Crippen LogP contribution in [0.2, 0.25) is 0 Å². The maximum absolute atomic E-state index is 10.5. The molecule has 0 bridgehead atoms. The van der Waals surface area contributed by atoms with Gasteiger partial charge in [-0.2, -0.15) is 0 Å². The molecule has 0 aromatic rings. The summed E-state index contributed by atoms with van der Waals surface area (Å²) >= 11 is 0. The number of carbonyl (C=O) groups is 1. The molecule has 0 rings (SSSR count). The minimum absolute atomic E-state index is 0. The molecule has 64 valence electrons. The van der Waals surface area contributed by atoms with Gasteiger partial charge in [-0.05, 0) is 13.5 Å². The minimum atomic E-state index is -0.661. The Morgan fingerprint density at radius 1 is 1.33 bits per heavy atom. The molecular weight excluding hydrogens is 171 g/mol. The number of esters is 1. The molecule has 0 aromatic heterocycles. The average molecular weight is 182 g/mol. The fourth-order valence-corrected chi connectivity index (χ4v) is 0.464. The normalized spacial score (nSPS) is 10.0. The van der Waals surface area contributed by atoms with Crippen LogP contribution < -0.4 is 34.7 Å². The van der Waals surface area contributed by atoms with Crippen LogP contribution in [-0.4, -0.2) is 19.2 Å². The van der Waals surface area contributed by atoms with Crippen molar-refractivity contribution in [2.24, 2.45) is 0 Å². The molecule has 0 unspecified atom stereocenters. The van der Waals surface area contributed by atoms with Crippen LogP contribution in [0.5, 0.6) is 0 Å². The van der Waals surface area contributed by atoms with E-state index in [4.69, 9.17) is 0 Å². The van der Waals surface area contributed by atoms with E-state index in [0.717, 1.165) is 6.08 Å². The van der Waals surface area contributed by atoms with Crippen LogP contribution in [0.1, 0.15) is 13.8 Å². The van der Waals surface area contributed by atoms with Gasteiger partial charge < -0.3 is 14.6 Å². The Morgan fingerprint density at radius 3 is 2.25 bits per heavy atom. The van der Waals surface area contributed by atoms with E-state index in [9.17, 15) is 9.90 Å². The molecule has 0 spiro atoms.